The molecule has 7 nitrogen and oxygen atoms in total. The molecule has 0 radical (unpaired) electrons. The van der Waals surface area contributed by atoms with Crippen molar-refractivity contribution >= 4 is 23.2 Å². The van der Waals surface area contributed by atoms with Crippen LogP contribution in [0, 0.1) is 0 Å². The average molecular weight is 338 g/mol. The van der Waals surface area contributed by atoms with Gasteiger partial charge in [0, 0.05) is 17.4 Å². The number of fused-ring (bicyclic) bond motifs is 1. The van der Waals surface area contributed by atoms with Crippen molar-refractivity contribution in [3.63, 3.8) is 0 Å². The highest BCUT2D eigenvalue weighted by Crippen LogP contribution is 2.18. The third-order valence-electron chi connectivity index (χ3n) is 3.75. The third kappa shape index (κ3) is 3.35. The summed E-state index contributed by atoms with van der Waals surface area (Å²) in [5, 5.41) is 7.00. The molecule has 2 aromatic heterocycles. The minimum atomic E-state index is -0.461. The van der Waals surface area contributed by atoms with E-state index in [1.807, 2.05) is 13.8 Å². The lowest BCUT2D eigenvalue weighted by molar-refractivity contribution is 0.0600. The lowest BCUT2D eigenvalue weighted by Crippen LogP contribution is -2.16. The molecule has 3 aromatic rings. The minimum absolute atomic E-state index is 0.180. The van der Waals surface area contributed by atoms with Crippen LogP contribution in [0.2, 0.25) is 0 Å². The zero-order chi connectivity index (χ0) is 18.0. The Morgan fingerprint density at radius 3 is 2.72 bits per heavy atom. The van der Waals surface area contributed by atoms with Gasteiger partial charge in [-0.1, -0.05) is 19.9 Å². The molecule has 0 bridgehead atoms. The molecular weight excluding hydrogens is 320 g/mol. The maximum atomic E-state index is 12.6. The van der Waals surface area contributed by atoms with E-state index in [0.717, 1.165) is 5.69 Å². The molecule has 0 atom stereocenters. The first-order valence-electron chi connectivity index (χ1n) is 7.84. The summed E-state index contributed by atoms with van der Waals surface area (Å²) in [6.45, 7) is 4.05. The molecule has 0 fully saturated rings. The van der Waals surface area contributed by atoms with Crippen molar-refractivity contribution in [1.29, 1.82) is 0 Å². The summed E-state index contributed by atoms with van der Waals surface area (Å²) < 4.78 is 6.41. The zero-order valence-corrected chi connectivity index (χ0v) is 14.2. The van der Waals surface area contributed by atoms with Crippen LogP contribution in [-0.2, 0) is 4.74 Å². The van der Waals surface area contributed by atoms with Crippen molar-refractivity contribution in [3.05, 3.63) is 59.5 Å². The molecule has 25 heavy (non-hydrogen) atoms. The lowest BCUT2D eigenvalue weighted by Gasteiger charge is -2.11. The van der Waals surface area contributed by atoms with E-state index in [0.29, 0.717) is 22.6 Å². The van der Waals surface area contributed by atoms with Gasteiger partial charge < -0.3 is 10.1 Å². The van der Waals surface area contributed by atoms with Crippen LogP contribution in [0.15, 0.2) is 42.6 Å². The topological polar surface area (TPSA) is 85.6 Å². The first-order valence-corrected chi connectivity index (χ1v) is 7.84. The number of anilines is 1. The van der Waals surface area contributed by atoms with Gasteiger partial charge in [-0.15, -0.1) is 0 Å². The van der Waals surface area contributed by atoms with E-state index in [-0.39, 0.29) is 11.8 Å². The summed E-state index contributed by atoms with van der Waals surface area (Å²) >= 11 is 0. The maximum Gasteiger partial charge on any atom is 0.337 e. The maximum absolute atomic E-state index is 12.6. The van der Waals surface area contributed by atoms with E-state index in [9.17, 15) is 9.59 Å². The summed E-state index contributed by atoms with van der Waals surface area (Å²) in [7, 11) is 1.31. The molecular formula is C18H18N4O3. The van der Waals surface area contributed by atoms with E-state index in [2.05, 4.69) is 20.1 Å². The number of nitrogens with zero attached hydrogens (tertiary/aromatic N) is 3. The van der Waals surface area contributed by atoms with Gasteiger partial charge in [-0.05, 0) is 30.2 Å². The molecule has 0 aliphatic rings. The minimum Gasteiger partial charge on any atom is -0.465 e. The fourth-order valence-electron chi connectivity index (χ4n) is 2.50. The molecule has 1 amide bonds. The van der Waals surface area contributed by atoms with Crippen molar-refractivity contribution in [2.24, 2.45) is 0 Å². The number of hydrogen-bond acceptors (Lipinski definition) is 5. The fraction of sp³-hybridized carbons (Fsp3) is 0.222. The predicted molar refractivity (Wildman–Crippen MR) is 92.8 cm³/mol. The Bertz CT molecular complexity index is 946. The quantitative estimate of drug-likeness (QED) is 0.739. The number of aromatic nitrogens is 3. The monoisotopic (exact) mass is 338 g/mol. The Morgan fingerprint density at radius 2 is 2.00 bits per heavy atom. The smallest absolute Gasteiger partial charge is 0.337 e. The second-order valence-corrected chi connectivity index (χ2v) is 5.85. The first kappa shape index (κ1) is 16.6. The Hall–Kier alpha value is -3.22. The van der Waals surface area contributed by atoms with Crippen LogP contribution >= 0.6 is 0 Å². The highest BCUT2D eigenvalue weighted by atomic mass is 16.5. The molecule has 3 rings (SSSR count). The van der Waals surface area contributed by atoms with Crippen molar-refractivity contribution in [2.75, 3.05) is 12.4 Å². The number of benzene rings is 1. The predicted octanol–water partition coefficient (Wildman–Crippen LogP) is 2.89. The molecule has 0 saturated carbocycles. The van der Waals surface area contributed by atoms with Crippen LogP contribution in [0.5, 0.6) is 0 Å². The van der Waals surface area contributed by atoms with Crippen LogP contribution in [0.25, 0.3) is 5.65 Å². The molecule has 0 saturated heterocycles. The number of amides is 1. The van der Waals surface area contributed by atoms with E-state index >= 15 is 0 Å². The Kier molecular flexibility index (Phi) is 4.47. The Morgan fingerprint density at radius 1 is 1.20 bits per heavy atom. The third-order valence-corrected chi connectivity index (χ3v) is 3.75. The molecule has 0 spiro atoms. The van der Waals surface area contributed by atoms with Crippen molar-refractivity contribution in [1.82, 2.24) is 14.6 Å². The summed E-state index contributed by atoms with van der Waals surface area (Å²) in [6.07, 6.45) is 1.65. The SMILES string of the molecule is COC(=O)c1cccc(NC(=O)c2cc(C(C)C)n3nccc3n2)c1. The zero-order valence-electron chi connectivity index (χ0n) is 14.2. The lowest BCUT2D eigenvalue weighted by atomic mass is 10.1. The van der Waals surface area contributed by atoms with Crippen LogP contribution in [0.3, 0.4) is 0 Å². The highest BCUT2D eigenvalue weighted by Gasteiger charge is 2.15. The van der Waals surface area contributed by atoms with Crippen LogP contribution in [-0.4, -0.2) is 33.6 Å². The summed E-state index contributed by atoms with van der Waals surface area (Å²) in [4.78, 5) is 28.5. The highest BCUT2D eigenvalue weighted by molar-refractivity contribution is 6.04. The van der Waals surface area contributed by atoms with Gasteiger partial charge in [0.1, 0.15) is 5.69 Å². The van der Waals surface area contributed by atoms with Crippen molar-refractivity contribution in [3.8, 4) is 0 Å². The Balaban J connectivity index is 1.91. The largest absolute Gasteiger partial charge is 0.465 e. The average Bonchev–Trinajstić information content (AvgIpc) is 3.08. The molecule has 2 heterocycles. The number of carbonyl (C=O) groups excluding carboxylic acids is 2. The molecule has 1 N–H and O–H groups in total. The van der Waals surface area contributed by atoms with Crippen LogP contribution < -0.4 is 5.32 Å². The second-order valence-electron chi connectivity index (χ2n) is 5.85. The Labute approximate surface area is 144 Å². The van der Waals surface area contributed by atoms with Crippen LogP contribution in [0.4, 0.5) is 5.69 Å². The van der Waals surface area contributed by atoms with Gasteiger partial charge in [-0.25, -0.2) is 14.3 Å². The molecule has 0 aliphatic carbocycles. The molecule has 0 unspecified atom stereocenters. The van der Waals surface area contributed by atoms with Crippen molar-refractivity contribution < 1.29 is 14.3 Å². The van der Waals surface area contributed by atoms with Gasteiger partial charge in [-0.2, -0.15) is 5.10 Å². The molecule has 0 aliphatic heterocycles. The summed E-state index contributed by atoms with van der Waals surface area (Å²) in [5.41, 5.74) is 2.65. The van der Waals surface area contributed by atoms with E-state index < -0.39 is 5.97 Å². The number of nitrogens with one attached hydrogen (secondary N) is 1. The standard InChI is InChI=1S/C18H18N4O3/c1-11(2)15-10-14(21-16-7-8-19-22(15)16)17(23)20-13-6-4-5-12(9-13)18(24)25-3/h4-11H,1-3H3,(H,20,23). The number of ether oxygens (including phenoxy) is 1. The normalized spacial score (nSPS) is 10.9. The van der Waals surface area contributed by atoms with Gasteiger partial charge in [0.05, 0.1) is 18.9 Å². The van der Waals surface area contributed by atoms with Crippen molar-refractivity contribution in [2.45, 2.75) is 19.8 Å². The van der Waals surface area contributed by atoms with Gasteiger partial charge >= 0.3 is 5.97 Å². The number of hydrogen-bond donors (Lipinski definition) is 1. The molecule has 128 valence electrons. The van der Waals surface area contributed by atoms with E-state index in [4.69, 9.17) is 0 Å². The number of carbonyl (C=O) groups is 2. The second kappa shape index (κ2) is 6.72. The van der Waals surface area contributed by atoms with Gasteiger partial charge in [-0.3, -0.25) is 4.79 Å². The number of methoxy groups -OCH3 is 1. The molecule has 1 aromatic carbocycles. The van der Waals surface area contributed by atoms with Crippen LogP contribution in [0.1, 0.15) is 46.3 Å². The first-order chi connectivity index (χ1) is 12.0. The van der Waals surface area contributed by atoms with Gasteiger partial charge in [0.2, 0.25) is 0 Å². The summed E-state index contributed by atoms with van der Waals surface area (Å²) in [5.74, 6) is -0.635. The van der Waals surface area contributed by atoms with Gasteiger partial charge in [0.25, 0.3) is 5.91 Å². The fourth-order valence-corrected chi connectivity index (χ4v) is 2.50. The molecule has 7 heteroatoms. The number of rotatable bonds is 4. The number of esters is 1. The van der Waals surface area contributed by atoms with Gasteiger partial charge in [0.15, 0.2) is 5.65 Å². The van der Waals surface area contributed by atoms with E-state index in [1.165, 1.54) is 7.11 Å². The summed E-state index contributed by atoms with van der Waals surface area (Å²) in [6, 6.07) is 10.0. The van der Waals surface area contributed by atoms with E-state index in [1.54, 1.807) is 47.1 Å².